The van der Waals surface area contributed by atoms with E-state index in [0.717, 1.165) is 0 Å². The zero-order valence-electron chi connectivity index (χ0n) is 10.9. The van der Waals surface area contributed by atoms with Crippen LogP contribution in [0.15, 0.2) is 23.3 Å². The van der Waals surface area contributed by atoms with E-state index in [-0.39, 0.29) is 25.4 Å². The number of amides is 1. The summed E-state index contributed by atoms with van der Waals surface area (Å²) in [7, 11) is 0. The van der Waals surface area contributed by atoms with Gasteiger partial charge in [0, 0.05) is 4.91 Å². The zero-order chi connectivity index (χ0) is 15.2. The summed E-state index contributed by atoms with van der Waals surface area (Å²) in [6.07, 6.45) is -0.00331. The van der Waals surface area contributed by atoms with Crippen molar-refractivity contribution in [3.63, 3.8) is 0 Å². The number of fused-ring (bicyclic) bond motifs is 1. The van der Waals surface area contributed by atoms with Crippen molar-refractivity contribution in [3.8, 4) is 0 Å². The first-order chi connectivity index (χ1) is 10.1. The number of aromatic nitrogens is 2. The molecule has 0 atom stereocenters. The van der Waals surface area contributed by atoms with Crippen LogP contribution in [0.3, 0.4) is 0 Å². The summed E-state index contributed by atoms with van der Waals surface area (Å²) in [5.74, 6) is -1.11. The number of para-hydroxylation sites is 1. The fourth-order valence-electron chi connectivity index (χ4n) is 1.80. The van der Waals surface area contributed by atoms with Crippen molar-refractivity contribution in [3.05, 3.63) is 40.0 Å². The molecule has 108 valence electrons. The summed E-state index contributed by atoms with van der Waals surface area (Å²) in [4.78, 5) is 32.2. The van der Waals surface area contributed by atoms with Crippen LogP contribution in [0.25, 0.3) is 21.5 Å². The number of primary amides is 1. The fraction of sp³-hybridized carbons (Fsp3) is 0.250. The Balaban J connectivity index is 2.12. The number of aromatic amines is 1. The molecule has 0 saturated carbocycles. The third kappa shape index (κ3) is 3.48. The number of nitrogens with one attached hydrogen (secondary N) is 1. The van der Waals surface area contributed by atoms with E-state index < -0.39 is 11.9 Å². The Morgan fingerprint density at radius 2 is 2.29 bits per heavy atom. The Kier molecular flexibility index (Phi) is 4.37. The van der Waals surface area contributed by atoms with Gasteiger partial charge in [0.05, 0.1) is 30.6 Å². The molecule has 1 heterocycles. The van der Waals surface area contributed by atoms with Gasteiger partial charge in [-0.15, -0.1) is 0 Å². The Labute approximate surface area is 118 Å². The molecule has 0 aliphatic carbocycles. The van der Waals surface area contributed by atoms with Crippen LogP contribution >= 0.6 is 0 Å². The average molecular weight is 288 g/mol. The van der Waals surface area contributed by atoms with Crippen molar-refractivity contribution in [2.24, 2.45) is 10.8 Å². The molecule has 0 fully saturated rings. The van der Waals surface area contributed by atoms with Crippen molar-refractivity contribution in [1.82, 2.24) is 9.97 Å². The molecule has 21 heavy (non-hydrogen) atoms. The molecule has 1 aromatic carbocycles. The number of carbonyl (C=O) groups excluding carboxylic acids is 2. The lowest BCUT2D eigenvalue weighted by molar-refractivity contribution is -0.142. The number of benzene rings is 1. The molecule has 9 heteroatoms. The standard InChI is InChI=1S/C12H12N6O3/c13-11(20)12-16-8-3-1-2-7(10(8)17-12)6-9(19)21-5-4-15-18-14/h1-3H,4-6H2,(H2,13,20)(H,16,17). The average Bonchev–Trinajstić information content (AvgIpc) is 2.89. The van der Waals surface area contributed by atoms with Gasteiger partial charge in [0.15, 0.2) is 5.82 Å². The maximum atomic E-state index is 11.7. The number of carbonyl (C=O) groups is 2. The Hall–Kier alpha value is -3.06. The third-order valence-corrected chi connectivity index (χ3v) is 2.68. The van der Waals surface area contributed by atoms with Gasteiger partial charge in [0.25, 0.3) is 5.91 Å². The van der Waals surface area contributed by atoms with E-state index in [9.17, 15) is 9.59 Å². The number of imidazole rings is 1. The van der Waals surface area contributed by atoms with Gasteiger partial charge < -0.3 is 15.5 Å². The highest BCUT2D eigenvalue weighted by Gasteiger charge is 2.13. The van der Waals surface area contributed by atoms with Gasteiger partial charge in [-0.25, -0.2) is 4.98 Å². The predicted octanol–water partition coefficient (Wildman–Crippen LogP) is 1.06. The van der Waals surface area contributed by atoms with Crippen LogP contribution in [0.4, 0.5) is 0 Å². The number of nitrogens with zero attached hydrogens (tertiary/aromatic N) is 4. The number of ether oxygens (including phenoxy) is 1. The number of H-pyrrole nitrogens is 1. The molecule has 0 saturated heterocycles. The second-order valence-electron chi connectivity index (χ2n) is 4.11. The summed E-state index contributed by atoms with van der Waals surface area (Å²) >= 11 is 0. The normalized spacial score (nSPS) is 10.1. The molecule has 3 N–H and O–H groups in total. The molecule has 0 unspecified atom stereocenters. The molecule has 1 aromatic heterocycles. The lowest BCUT2D eigenvalue weighted by Crippen LogP contribution is -2.12. The van der Waals surface area contributed by atoms with Crippen LogP contribution in [-0.4, -0.2) is 35.0 Å². The molecule has 0 spiro atoms. The summed E-state index contributed by atoms with van der Waals surface area (Å²) in [6, 6.07) is 5.17. The molecule has 2 aromatic rings. The largest absolute Gasteiger partial charge is 0.465 e. The Morgan fingerprint density at radius 1 is 1.48 bits per heavy atom. The lowest BCUT2D eigenvalue weighted by atomic mass is 10.1. The molecule has 0 aliphatic heterocycles. The van der Waals surface area contributed by atoms with E-state index in [1.54, 1.807) is 18.2 Å². The Morgan fingerprint density at radius 3 is 3.00 bits per heavy atom. The van der Waals surface area contributed by atoms with Gasteiger partial charge >= 0.3 is 5.97 Å². The summed E-state index contributed by atoms with van der Waals surface area (Å²) in [5.41, 5.74) is 15.0. The minimum Gasteiger partial charge on any atom is -0.465 e. The quantitative estimate of drug-likeness (QED) is 0.269. The highest BCUT2D eigenvalue weighted by molar-refractivity contribution is 5.94. The lowest BCUT2D eigenvalue weighted by Gasteiger charge is -2.03. The molecule has 2 rings (SSSR count). The maximum absolute atomic E-state index is 11.7. The predicted molar refractivity (Wildman–Crippen MR) is 73.3 cm³/mol. The topological polar surface area (TPSA) is 147 Å². The maximum Gasteiger partial charge on any atom is 0.310 e. The van der Waals surface area contributed by atoms with Crippen molar-refractivity contribution < 1.29 is 14.3 Å². The highest BCUT2D eigenvalue weighted by atomic mass is 16.5. The molecule has 1 amide bonds. The van der Waals surface area contributed by atoms with Crippen LogP contribution in [0.1, 0.15) is 16.2 Å². The second kappa shape index (κ2) is 6.40. The van der Waals surface area contributed by atoms with Crippen molar-refractivity contribution >= 4 is 22.9 Å². The van der Waals surface area contributed by atoms with Crippen LogP contribution in [0.5, 0.6) is 0 Å². The number of azide groups is 1. The van der Waals surface area contributed by atoms with Crippen molar-refractivity contribution in [2.45, 2.75) is 6.42 Å². The van der Waals surface area contributed by atoms with Gasteiger partial charge in [0.1, 0.15) is 0 Å². The van der Waals surface area contributed by atoms with E-state index in [1.807, 2.05) is 0 Å². The molecule has 9 nitrogen and oxygen atoms in total. The van der Waals surface area contributed by atoms with E-state index in [4.69, 9.17) is 16.0 Å². The van der Waals surface area contributed by atoms with E-state index in [1.165, 1.54) is 0 Å². The van der Waals surface area contributed by atoms with Crippen molar-refractivity contribution in [2.75, 3.05) is 13.2 Å². The van der Waals surface area contributed by atoms with Crippen LogP contribution in [0.2, 0.25) is 0 Å². The number of hydrogen-bond acceptors (Lipinski definition) is 5. The second-order valence-corrected chi connectivity index (χ2v) is 4.11. The Bertz CT molecular complexity index is 732. The highest BCUT2D eigenvalue weighted by Crippen LogP contribution is 2.17. The van der Waals surface area contributed by atoms with Gasteiger partial charge in [-0.1, -0.05) is 17.2 Å². The fourth-order valence-corrected chi connectivity index (χ4v) is 1.80. The molecular weight excluding hydrogens is 276 g/mol. The van der Waals surface area contributed by atoms with Crippen LogP contribution in [-0.2, 0) is 16.0 Å². The van der Waals surface area contributed by atoms with Gasteiger partial charge in [-0.2, -0.15) is 0 Å². The molecule has 0 bridgehead atoms. The minimum atomic E-state index is -0.672. The smallest absolute Gasteiger partial charge is 0.310 e. The van der Waals surface area contributed by atoms with E-state index >= 15 is 0 Å². The number of nitrogens with two attached hydrogens (primary N) is 1. The monoisotopic (exact) mass is 288 g/mol. The molecule has 0 aliphatic rings. The van der Waals surface area contributed by atoms with E-state index in [2.05, 4.69) is 20.0 Å². The van der Waals surface area contributed by atoms with Gasteiger partial charge in [0.2, 0.25) is 0 Å². The minimum absolute atomic E-state index is 0.00331. The summed E-state index contributed by atoms with van der Waals surface area (Å²) in [5, 5.41) is 3.26. The third-order valence-electron chi connectivity index (χ3n) is 2.68. The van der Waals surface area contributed by atoms with E-state index in [0.29, 0.717) is 16.6 Å². The van der Waals surface area contributed by atoms with Crippen LogP contribution < -0.4 is 5.73 Å². The molecular formula is C12H12N6O3. The number of hydrogen-bond donors (Lipinski definition) is 2. The first kappa shape index (κ1) is 14.4. The first-order valence-corrected chi connectivity index (χ1v) is 6.05. The number of rotatable bonds is 6. The van der Waals surface area contributed by atoms with Crippen LogP contribution in [0, 0.1) is 0 Å². The summed E-state index contributed by atoms with van der Waals surface area (Å²) < 4.78 is 4.92. The zero-order valence-corrected chi connectivity index (χ0v) is 10.9. The van der Waals surface area contributed by atoms with Crippen molar-refractivity contribution in [1.29, 1.82) is 0 Å². The summed E-state index contributed by atoms with van der Waals surface area (Å²) in [6.45, 7) is 0.104. The van der Waals surface area contributed by atoms with Gasteiger partial charge in [-0.05, 0) is 17.2 Å². The SMILES string of the molecule is [N-]=[N+]=NCCOC(=O)Cc1cccc2[nH]c(C(N)=O)nc12. The molecule has 0 radical (unpaired) electrons. The first-order valence-electron chi connectivity index (χ1n) is 6.05. The van der Waals surface area contributed by atoms with Gasteiger partial charge in [-0.3, -0.25) is 9.59 Å². The number of esters is 1.